The average molecular weight is 324 g/mol. The summed E-state index contributed by atoms with van der Waals surface area (Å²) < 4.78 is 18.6. The molecular formula is C17H13FN4O2. The molecule has 3 heterocycles. The lowest BCUT2D eigenvalue weighted by Crippen LogP contribution is -2.45. The Morgan fingerprint density at radius 3 is 2.92 bits per heavy atom. The summed E-state index contributed by atoms with van der Waals surface area (Å²) in [5.74, 6) is 0.134. The van der Waals surface area contributed by atoms with Gasteiger partial charge in [0.1, 0.15) is 11.9 Å². The molecule has 6 nitrogen and oxygen atoms in total. The topological polar surface area (TPSA) is 72.1 Å². The van der Waals surface area contributed by atoms with E-state index in [1.54, 1.807) is 29.4 Å². The lowest BCUT2D eigenvalue weighted by molar-refractivity contribution is 0.0378. The standard InChI is InChI=1S/C17H13FN4O2/c18-13-5-1-3-11(9-13)17(23)22-8-6-14(22)16-20-15(21-24-16)12-4-2-7-19-10-12/h1-5,7,9-10,14H,6,8H2. The van der Waals surface area contributed by atoms with Crippen LogP contribution in [0.3, 0.4) is 0 Å². The third-order valence-electron chi connectivity index (χ3n) is 4.00. The number of halogens is 1. The molecule has 7 heteroatoms. The summed E-state index contributed by atoms with van der Waals surface area (Å²) in [5, 5.41) is 3.95. The molecule has 2 aromatic heterocycles. The van der Waals surface area contributed by atoms with E-state index in [2.05, 4.69) is 15.1 Å². The Labute approximate surface area is 136 Å². The van der Waals surface area contributed by atoms with Crippen molar-refractivity contribution >= 4 is 5.91 Å². The van der Waals surface area contributed by atoms with Crippen LogP contribution >= 0.6 is 0 Å². The van der Waals surface area contributed by atoms with Crippen molar-refractivity contribution in [3.05, 3.63) is 66.1 Å². The van der Waals surface area contributed by atoms with Crippen molar-refractivity contribution < 1.29 is 13.7 Å². The summed E-state index contributed by atoms with van der Waals surface area (Å²) in [6.07, 6.45) is 4.04. The molecule has 1 atom stereocenters. The normalized spacial score (nSPS) is 16.7. The number of carbonyl (C=O) groups excluding carboxylic acids is 1. The zero-order valence-electron chi connectivity index (χ0n) is 12.6. The number of aromatic nitrogens is 3. The van der Waals surface area contributed by atoms with Crippen molar-refractivity contribution in [1.29, 1.82) is 0 Å². The van der Waals surface area contributed by atoms with Gasteiger partial charge >= 0.3 is 0 Å². The molecule has 120 valence electrons. The molecule has 1 aromatic carbocycles. The summed E-state index contributed by atoms with van der Waals surface area (Å²) in [4.78, 5) is 22.5. The van der Waals surface area contributed by atoms with Gasteiger partial charge in [-0.25, -0.2) is 4.39 Å². The number of pyridine rings is 1. The Morgan fingerprint density at radius 1 is 1.29 bits per heavy atom. The lowest BCUT2D eigenvalue weighted by atomic mass is 10.0. The number of rotatable bonds is 3. The largest absolute Gasteiger partial charge is 0.337 e. The Hall–Kier alpha value is -3.09. The summed E-state index contributed by atoms with van der Waals surface area (Å²) in [6, 6.07) is 8.99. The molecule has 0 saturated carbocycles. The fourth-order valence-corrected chi connectivity index (χ4v) is 2.66. The quantitative estimate of drug-likeness (QED) is 0.741. The van der Waals surface area contributed by atoms with Crippen LogP contribution in [0.4, 0.5) is 4.39 Å². The van der Waals surface area contributed by atoms with E-state index in [1.807, 2.05) is 6.07 Å². The van der Waals surface area contributed by atoms with Gasteiger partial charge in [-0.15, -0.1) is 0 Å². The second-order valence-corrected chi connectivity index (χ2v) is 5.51. The number of carbonyl (C=O) groups is 1. The SMILES string of the molecule is O=C(c1cccc(F)c1)N1CCC1c1nc(-c2cccnc2)no1. The van der Waals surface area contributed by atoms with E-state index >= 15 is 0 Å². The monoisotopic (exact) mass is 324 g/mol. The minimum Gasteiger partial charge on any atom is -0.337 e. The van der Waals surface area contributed by atoms with Gasteiger partial charge in [0.15, 0.2) is 0 Å². The molecule has 1 unspecified atom stereocenters. The lowest BCUT2D eigenvalue weighted by Gasteiger charge is -2.38. The van der Waals surface area contributed by atoms with E-state index in [0.29, 0.717) is 23.8 Å². The molecule has 1 amide bonds. The van der Waals surface area contributed by atoms with Gasteiger partial charge in [-0.1, -0.05) is 11.2 Å². The number of nitrogens with zero attached hydrogens (tertiary/aromatic N) is 4. The van der Waals surface area contributed by atoms with E-state index in [0.717, 1.165) is 12.0 Å². The molecule has 0 aliphatic carbocycles. The van der Waals surface area contributed by atoms with Gasteiger partial charge in [-0.3, -0.25) is 9.78 Å². The van der Waals surface area contributed by atoms with E-state index in [4.69, 9.17) is 4.52 Å². The van der Waals surface area contributed by atoms with Gasteiger partial charge in [0, 0.05) is 30.1 Å². The molecule has 0 bridgehead atoms. The first-order valence-corrected chi connectivity index (χ1v) is 7.53. The highest BCUT2D eigenvalue weighted by Gasteiger charge is 2.38. The maximum absolute atomic E-state index is 13.3. The zero-order chi connectivity index (χ0) is 16.5. The molecule has 1 fully saturated rings. The number of hydrogen-bond acceptors (Lipinski definition) is 5. The van der Waals surface area contributed by atoms with Crippen LogP contribution in [-0.2, 0) is 0 Å². The fraction of sp³-hybridized carbons (Fsp3) is 0.176. The molecule has 0 radical (unpaired) electrons. The van der Waals surface area contributed by atoms with Crippen molar-refractivity contribution in [2.45, 2.75) is 12.5 Å². The summed E-state index contributed by atoms with van der Waals surface area (Å²) >= 11 is 0. The summed E-state index contributed by atoms with van der Waals surface area (Å²) in [5.41, 5.74) is 1.06. The fourth-order valence-electron chi connectivity index (χ4n) is 2.66. The highest BCUT2D eigenvalue weighted by molar-refractivity contribution is 5.94. The average Bonchev–Trinajstić information content (AvgIpc) is 3.04. The third kappa shape index (κ3) is 2.54. The van der Waals surface area contributed by atoms with Crippen LogP contribution in [0.15, 0.2) is 53.3 Å². The second-order valence-electron chi connectivity index (χ2n) is 5.51. The van der Waals surface area contributed by atoms with Gasteiger partial charge in [0.25, 0.3) is 5.91 Å². The molecule has 1 aliphatic rings. The van der Waals surface area contributed by atoms with Crippen LogP contribution in [0.1, 0.15) is 28.7 Å². The van der Waals surface area contributed by atoms with E-state index in [1.165, 1.54) is 18.2 Å². The number of amides is 1. The minimum absolute atomic E-state index is 0.244. The summed E-state index contributed by atoms with van der Waals surface area (Å²) in [7, 11) is 0. The number of hydrogen-bond donors (Lipinski definition) is 0. The molecule has 4 rings (SSSR count). The molecule has 1 aliphatic heterocycles. The van der Waals surface area contributed by atoms with E-state index in [9.17, 15) is 9.18 Å². The van der Waals surface area contributed by atoms with Gasteiger partial charge in [0.2, 0.25) is 11.7 Å². The first-order chi connectivity index (χ1) is 11.7. The Bertz CT molecular complexity index is 881. The van der Waals surface area contributed by atoms with Crippen molar-refractivity contribution in [3.8, 4) is 11.4 Å². The predicted octanol–water partition coefficient (Wildman–Crippen LogP) is 2.86. The van der Waals surface area contributed by atoms with Crippen LogP contribution in [0.5, 0.6) is 0 Å². The first-order valence-electron chi connectivity index (χ1n) is 7.53. The predicted molar refractivity (Wildman–Crippen MR) is 82.3 cm³/mol. The second kappa shape index (κ2) is 5.84. The molecule has 0 spiro atoms. The number of benzene rings is 1. The first kappa shape index (κ1) is 14.5. The van der Waals surface area contributed by atoms with Crippen molar-refractivity contribution in [3.63, 3.8) is 0 Å². The maximum Gasteiger partial charge on any atom is 0.254 e. The zero-order valence-corrected chi connectivity index (χ0v) is 12.6. The minimum atomic E-state index is -0.436. The molecule has 0 N–H and O–H groups in total. The smallest absolute Gasteiger partial charge is 0.254 e. The van der Waals surface area contributed by atoms with Crippen LogP contribution < -0.4 is 0 Å². The molecule has 3 aromatic rings. The Balaban J connectivity index is 1.55. The van der Waals surface area contributed by atoms with Crippen molar-refractivity contribution in [1.82, 2.24) is 20.0 Å². The van der Waals surface area contributed by atoms with Crippen LogP contribution in [-0.4, -0.2) is 32.5 Å². The van der Waals surface area contributed by atoms with Gasteiger partial charge < -0.3 is 9.42 Å². The molecule has 1 saturated heterocycles. The van der Waals surface area contributed by atoms with Gasteiger partial charge in [0.05, 0.1) is 0 Å². The van der Waals surface area contributed by atoms with Crippen molar-refractivity contribution in [2.24, 2.45) is 0 Å². The van der Waals surface area contributed by atoms with Crippen molar-refractivity contribution in [2.75, 3.05) is 6.54 Å². The van der Waals surface area contributed by atoms with Gasteiger partial charge in [-0.05, 0) is 36.8 Å². The Kier molecular flexibility index (Phi) is 3.53. The highest BCUT2D eigenvalue weighted by Crippen LogP contribution is 2.34. The van der Waals surface area contributed by atoms with E-state index < -0.39 is 5.82 Å². The van der Waals surface area contributed by atoms with Crippen LogP contribution in [0.25, 0.3) is 11.4 Å². The van der Waals surface area contributed by atoms with Gasteiger partial charge in [-0.2, -0.15) is 4.98 Å². The van der Waals surface area contributed by atoms with Crippen LogP contribution in [0.2, 0.25) is 0 Å². The van der Waals surface area contributed by atoms with Crippen LogP contribution in [0, 0.1) is 5.82 Å². The van der Waals surface area contributed by atoms with E-state index in [-0.39, 0.29) is 11.9 Å². The molecular weight excluding hydrogens is 311 g/mol. The maximum atomic E-state index is 13.3. The summed E-state index contributed by atoms with van der Waals surface area (Å²) in [6.45, 7) is 0.574. The molecule has 24 heavy (non-hydrogen) atoms. The number of likely N-dealkylation sites (tertiary alicyclic amines) is 1. The highest BCUT2D eigenvalue weighted by atomic mass is 19.1. The third-order valence-corrected chi connectivity index (χ3v) is 4.00. The Morgan fingerprint density at radius 2 is 2.21 bits per heavy atom.